The van der Waals surface area contributed by atoms with E-state index < -0.39 is 0 Å². The van der Waals surface area contributed by atoms with Crippen LogP contribution in [0.2, 0.25) is 0 Å². The molecule has 28 heavy (non-hydrogen) atoms. The fourth-order valence-electron chi connectivity index (χ4n) is 2.70. The monoisotopic (exact) mass is 402 g/mol. The Morgan fingerprint density at radius 2 is 2.18 bits per heavy atom. The summed E-state index contributed by atoms with van der Waals surface area (Å²) in [7, 11) is 3.20. The molecule has 0 bridgehead atoms. The largest absolute Gasteiger partial charge is 0.497 e. The Balaban J connectivity index is 1.59. The van der Waals surface area contributed by atoms with Gasteiger partial charge in [0.15, 0.2) is 5.16 Å². The Morgan fingerprint density at radius 3 is 2.89 bits per heavy atom. The van der Waals surface area contributed by atoms with Crippen molar-refractivity contribution in [1.29, 1.82) is 0 Å². The van der Waals surface area contributed by atoms with Gasteiger partial charge in [0.25, 0.3) is 0 Å². The zero-order chi connectivity index (χ0) is 19.9. The van der Waals surface area contributed by atoms with Crippen LogP contribution in [-0.2, 0) is 11.3 Å². The minimum absolute atomic E-state index is 0.116. The summed E-state index contributed by atoms with van der Waals surface area (Å²) in [5.74, 6) is 2.30. The first-order chi connectivity index (χ1) is 13.6. The Kier molecular flexibility index (Phi) is 6.59. The van der Waals surface area contributed by atoms with Crippen LogP contribution in [0, 0.1) is 0 Å². The summed E-state index contributed by atoms with van der Waals surface area (Å²) in [5.41, 5.74) is 0.848. The zero-order valence-electron chi connectivity index (χ0n) is 15.9. The fraction of sp³-hybridized carbons (Fsp3) is 0.316. The SMILES string of the molecule is COc1ccc(OC)c(C(C)NC(=O)CSc2nncn2Cc2ccco2)c1. The second kappa shape index (κ2) is 9.32. The molecule has 0 aliphatic carbocycles. The number of furan rings is 1. The van der Waals surface area contributed by atoms with E-state index in [0.717, 1.165) is 11.3 Å². The lowest BCUT2D eigenvalue weighted by molar-refractivity contribution is -0.119. The van der Waals surface area contributed by atoms with Crippen LogP contribution in [0.15, 0.2) is 52.5 Å². The number of carbonyl (C=O) groups excluding carboxylic acids is 1. The molecule has 3 aromatic rings. The second-order valence-corrected chi connectivity index (χ2v) is 6.95. The van der Waals surface area contributed by atoms with Gasteiger partial charge in [0.05, 0.1) is 38.8 Å². The Labute approximate surface area is 167 Å². The topological polar surface area (TPSA) is 91.4 Å². The Morgan fingerprint density at radius 1 is 1.32 bits per heavy atom. The van der Waals surface area contributed by atoms with Gasteiger partial charge in [-0.1, -0.05) is 11.8 Å². The van der Waals surface area contributed by atoms with Gasteiger partial charge in [-0.3, -0.25) is 4.79 Å². The third kappa shape index (κ3) is 4.86. The molecule has 0 aliphatic rings. The van der Waals surface area contributed by atoms with Crippen molar-refractivity contribution < 1.29 is 18.7 Å². The normalized spacial score (nSPS) is 11.8. The van der Waals surface area contributed by atoms with Crippen molar-refractivity contribution in [3.63, 3.8) is 0 Å². The van der Waals surface area contributed by atoms with Crippen LogP contribution in [0.3, 0.4) is 0 Å². The van der Waals surface area contributed by atoms with E-state index in [9.17, 15) is 4.79 Å². The minimum atomic E-state index is -0.237. The van der Waals surface area contributed by atoms with Crippen LogP contribution >= 0.6 is 11.8 Å². The third-order valence-electron chi connectivity index (χ3n) is 4.10. The van der Waals surface area contributed by atoms with Crippen molar-refractivity contribution in [3.05, 3.63) is 54.2 Å². The number of ether oxygens (including phenoxy) is 2. The van der Waals surface area contributed by atoms with Crippen LogP contribution in [0.1, 0.15) is 24.3 Å². The van der Waals surface area contributed by atoms with Gasteiger partial charge in [-0.05, 0) is 37.3 Å². The lowest BCUT2D eigenvalue weighted by Crippen LogP contribution is -2.28. The standard InChI is InChI=1S/C19H22N4O4S/c1-13(16-9-14(25-2)6-7-17(16)26-3)21-18(24)11-28-19-22-20-12-23(19)10-15-5-4-8-27-15/h4-9,12-13H,10-11H2,1-3H3,(H,21,24). The van der Waals surface area contributed by atoms with E-state index in [1.54, 1.807) is 26.8 Å². The van der Waals surface area contributed by atoms with E-state index in [4.69, 9.17) is 13.9 Å². The maximum Gasteiger partial charge on any atom is 0.230 e. The minimum Gasteiger partial charge on any atom is -0.497 e. The van der Waals surface area contributed by atoms with Crippen molar-refractivity contribution in [1.82, 2.24) is 20.1 Å². The molecular weight excluding hydrogens is 380 g/mol. The lowest BCUT2D eigenvalue weighted by Gasteiger charge is -2.18. The van der Waals surface area contributed by atoms with Crippen molar-refractivity contribution in [2.24, 2.45) is 0 Å². The molecule has 3 rings (SSSR count). The van der Waals surface area contributed by atoms with Gasteiger partial charge in [-0.25, -0.2) is 0 Å². The predicted octanol–water partition coefficient (Wildman–Crippen LogP) is 2.91. The molecule has 1 amide bonds. The summed E-state index contributed by atoms with van der Waals surface area (Å²) in [5, 5.41) is 11.6. The number of nitrogens with one attached hydrogen (secondary N) is 1. The van der Waals surface area contributed by atoms with Gasteiger partial charge in [0.2, 0.25) is 5.91 Å². The highest BCUT2D eigenvalue weighted by Crippen LogP contribution is 2.29. The second-order valence-electron chi connectivity index (χ2n) is 6.01. The number of hydrogen-bond donors (Lipinski definition) is 1. The predicted molar refractivity (Wildman–Crippen MR) is 105 cm³/mol. The highest BCUT2D eigenvalue weighted by atomic mass is 32.2. The first-order valence-corrected chi connectivity index (χ1v) is 9.63. The molecule has 148 valence electrons. The van der Waals surface area contributed by atoms with Crippen LogP contribution in [0.5, 0.6) is 11.5 Å². The highest BCUT2D eigenvalue weighted by Gasteiger charge is 2.16. The summed E-state index contributed by atoms with van der Waals surface area (Å²) < 4.78 is 17.8. The molecular formula is C19H22N4O4S. The van der Waals surface area contributed by atoms with E-state index in [0.29, 0.717) is 23.2 Å². The number of rotatable bonds is 9. The molecule has 0 saturated heterocycles. The number of methoxy groups -OCH3 is 2. The van der Waals surface area contributed by atoms with E-state index >= 15 is 0 Å². The molecule has 2 heterocycles. The number of carbonyl (C=O) groups is 1. The number of amides is 1. The van der Waals surface area contributed by atoms with Crippen LogP contribution in [-0.4, -0.2) is 40.6 Å². The Bertz CT molecular complexity index is 911. The zero-order valence-corrected chi connectivity index (χ0v) is 16.7. The van der Waals surface area contributed by atoms with Gasteiger partial charge < -0.3 is 23.8 Å². The molecule has 9 heteroatoms. The number of thioether (sulfide) groups is 1. The van der Waals surface area contributed by atoms with Crippen LogP contribution < -0.4 is 14.8 Å². The number of hydrogen-bond acceptors (Lipinski definition) is 7. The molecule has 1 unspecified atom stereocenters. The van der Waals surface area contributed by atoms with Gasteiger partial charge in [0, 0.05) is 5.56 Å². The molecule has 0 fully saturated rings. The number of nitrogens with zero attached hydrogens (tertiary/aromatic N) is 3. The fourth-order valence-corrected chi connectivity index (χ4v) is 3.43. The van der Waals surface area contributed by atoms with E-state index in [1.165, 1.54) is 11.8 Å². The molecule has 0 radical (unpaired) electrons. The van der Waals surface area contributed by atoms with Gasteiger partial charge in [0.1, 0.15) is 23.6 Å². The molecule has 0 saturated carbocycles. The van der Waals surface area contributed by atoms with Crippen LogP contribution in [0.25, 0.3) is 0 Å². The van der Waals surface area contributed by atoms with Crippen molar-refractivity contribution in [3.8, 4) is 11.5 Å². The summed E-state index contributed by atoms with van der Waals surface area (Å²) in [4.78, 5) is 12.4. The summed E-state index contributed by atoms with van der Waals surface area (Å²) in [6.45, 7) is 2.42. The molecule has 0 spiro atoms. The first kappa shape index (κ1) is 19.8. The van der Waals surface area contributed by atoms with Gasteiger partial charge in [-0.2, -0.15) is 0 Å². The first-order valence-electron chi connectivity index (χ1n) is 8.65. The van der Waals surface area contributed by atoms with Crippen molar-refractivity contribution in [2.45, 2.75) is 24.7 Å². The van der Waals surface area contributed by atoms with E-state index in [2.05, 4.69) is 15.5 Å². The molecule has 8 nitrogen and oxygen atoms in total. The maximum atomic E-state index is 12.4. The van der Waals surface area contributed by atoms with Crippen LogP contribution in [0.4, 0.5) is 0 Å². The van der Waals surface area contributed by atoms with E-state index in [-0.39, 0.29) is 17.7 Å². The summed E-state index contributed by atoms with van der Waals surface area (Å²) >= 11 is 1.32. The summed E-state index contributed by atoms with van der Waals surface area (Å²) in [6.07, 6.45) is 3.24. The third-order valence-corrected chi connectivity index (χ3v) is 5.08. The average Bonchev–Trinajstić information content (AvgIpc) is 3.38. The highest BCUT2D eigenvalue weighted by molar-refractivity contribution is 7.99. The van der Waals surface area contributed by atoms with E-state index in [1.807, 2.05) is 41.8 Å². The molecule has 2 aromatic heterocycles. The van der Waals surface area contributed by atoms with Crippen molar-refractivity contribution in [2.75, 3.05) is 20.0 Å². The molecule has 1 N–H and O–H groups in total. The molecule has 1 atom stereocenters. The van der Waals surface area contributed by atoms with Gasteiger partial charge in [-0.15, -0.1) is 10.2 Å². The molecule has 0 aliphatic heterocycles. The number of benzene rings is 1. The quantitative estimate of drug-likeness (QED) is 0.550. The van der Waals surface area contributed by atoms with Gasteiger partial charge >= 0.3 is 0 Å². The average molecular weight is 402 g/mol. The summed E-state index contributed by atoms with van der Waals surface area (Å²) in [6, 6.07) is 8.97. The maximum absolute atomic E-state index is 12.4. The number of aromatic nitrogens is 3. The smallest absolute Gasteiger partial charge is 0.230 e. The molecule has 1 aromatic carbocycles. The van der Waals surface area contributed by atoms with Crippen molar-refractivity contribution >= 4 is 17.7 Å². The lowest BCUT2D eigenvalue weighted by atomic mass is 10.1. The Hall–Kier alpha value is -2.94.